The van der Waals surface area contributed by atoms with E-state index in [2.05, 4.69) is 10.3 Å². The highest BCUT2D eigenvalue weighted by Gasteiger charge is 2.01. The standard InChI is InChI=1S/C14H18ClN3O/c1-12-4-2-6-14(10-12)19-9-8-18-11-13(16-17-18)5-3-7-15/h2,4,6,10-11H,3,5,7-9H2,1H3. The summed E-state index contributed by atoms with van der Waals surface area (Å²) in [6, 6.07) is 8.02. The van der Waals surface area contributed by atoms with Crippen molar-refractivity contribution in [1.82, 2.24) is 15.0 Å². The maximum Gasteiger partial charge on any atom is 0.119 e. The molecule has 2 rings (SSSR count). The molecule has 0 aliphatic carbocycles. The van der Waals surface area contributed by atoms with Gasteiger partial charge in [-0.1, -0.05) is 17.3 Å². The van der Waals surface area contributed by atoms with Gasteiger partial charge in [0, 0.05) is 12.1 Å². The topological polar surface area (TPSA) is 39.9 Å². The van der Waals surface area contributed by atoms with E-state index in [4.69, 9.17) is 16.3 Å². The monoisotopic (exact) mass is 279 g/mol. The molecule has 0 aliphatic heterocycles. The van der Waals surface area contributed by atoms with Crippen molar-refractivity contribution in [2.75, 3.05) is 12.5 Å². The molecule has 1 aromatic carbocycles. The van der Waals surface area contributed by atoms with Crippen molar-refractivity contribution in [3.63, 3.8) is 0 Å². The SMILES string of the molecule is Cc1cccc(OCCn2cc(CCCCl)nn2)c1. The minimum atomic E-state index is 0.585. The second-order valence-electron chi connectivity index (χ2n) is 4.43. The first-order chi connectivity index (χ1) is 9.28. The molecule has 0 unspecified atom stereocenters. The molecular weight excluding hydrogens is 262 g/mol. The van der Waals surface area contributed by atoms with Gasteiger partial charge >= 0.3 is 0 Å². The number of aryl methyl sites for hydroxylation is 2. The Balaban J connectivity index is 1.77. The fourth-order valence-corrected chi connectivity index (χ4v) is 1.91. The number of halogens is 1. The van der Waals surface area contributed by atoms with Crippen molar-refractivity contribution in [3.05, 3.63) is 41.7 Å². The van der Waals surface area contributed by atoms with E-state index in [1.54, 1.807) is 4.68 Å². The second-order valence-corrected chi connectivity index (χ2v) is 4.81. The average Bonchev–Trinajstić information content (AvgIpc) is 2.84. The van der Waals surface area contributed by atoms with E-state index in [1.807, 2.05) is 37.4 Å². The normalized spacial score (nSPS) is 10.6. The predicted molar refractivity (Wildman–Crippen MR) is 75.7 cm³/mol. The predicted octanol–water partition coefficient (Wildman–Crippen LogP) is 2.84. The highest BCUT2D eigenvalue weighted by Crippen LogP contribution is 2.12. The molecule has 4 nitrogen and oxygen atoms in total. The zero-order valence-electron chi connectivity index (χ0n) is 11.1. The first kappa shape index (κ1) is 13.9. The number of ether oxygens (including phenoxy) is 1. The third-order valence-corrected chi connectivity index (χ3v) is 3.00. The van der Waals surface area contributed by atoms with Crippen LogP contribution in [-0.2, 0) is 13.0 Å². The fourth-order valence-electron chi connectivity index (χ4n) is 1.77. The lowest BCUT2D eigenvalue weighted by Crippen LogP contribution is -2.08. The summed E-state index contributed by atoms with van der Waals surface area (Å²) in [4.78, 5) is 0. The summed E-state index contributed by atoms with van der Waals surface area (Å²) in [5.41, 5.74) is 2.18. The van der Waals surface area contributed by atoms with Gasteiger partial charge in [-0.3, -0.25) is 0 Å². The van der Waals surface area contributed by atoms with Gasteiger partial charge in [-0.25, -0.2) is 4.68 Å². The molecule has 0 bridgehead atoms. The van der Waals surface area contributed by atoms with E-state index in [9.17, 15) is 0 Å². The van der Waals surface area contributed by atoms with Crippen LogP contribution in [0.15, 0.2) is 30.5 Å². The number of benzene rings is 1. The molecular formula is C14H18ClN3O. The summed E-state index contributed by atoms with van der Waals surface area (Å²) >= 11 is 5.65. The van der Waals surface area contributed by atoms with Crippen LogP contribution in [0.5, 0.6) is 5.75 Å². The third-order valence-electron chi connectivity index (χ3n) is 2.73. The molecule has 0 saturated carbocycles. The zero-order valence-corrected chi connectivity index (χ0v) is 11.8. The number of alkyl halides is 1. The Morgan fingerprint density at radius 3 is 3.05 bits per heavy atom. The van der Waals surface area contributed by atoms with Gasteiger partial charge in [0.05, 0.1) is 12.2 Å². The van der Waals surface area contributed by atoms with Crippen molar-refractivity contribution in [2.45, 2.75) is 26.3 Å². The molecule has 1 heterocycles. The lowest BCUT2D eigenvalue weighted by Gasteiger charge is -2.06. The number of nitrogens with zero attached hydrogens (tertiary/aromatic N) is 3. The summed E-state index contributed by atoms with van der Waals surface area (Å²) in [7, 11) is 0. The Bertz CT molecular complexity index is 513. The molecule has 0 N–H and O–H groups in total. The Morgan fingerprint density at radius 1 is 1.37 bits per heavy atom. The summed E-state index contributed by atoms with van der Waals surface area (Å²) < 4.78 is 7.48. The van der Waals surface area contributed by atoms with Gasteiger partial charge in [-0.15, -0.1) is 16.7 Å². The van der Waals surface area contributed by atoms with Gasteiger partial charge < -0.3 is 4.74 Å². The van der Waals surface area contributed by atoms with Crippen LogP contribution in [0.3, 0.4) is 0 Å². The molecule has 0 saturated heterocycles. The molecule has 2 aromatic rings. The number of hydrogen-bond acceptors (Lipinski definition) is 3. The molecule has 0 amide bonds. The molecule has 19 heavy (non-hydrogen) atoms. The molecule has 102 valence electrons. The Morgan fingerprint density at radius 2 is 2.26 bits per heavy atom. The van der Waals surface area contributed by atoms with Gasteiger partial charge in [0.25, 0.3) is 0 Å². The number of aromatic nitrogens is 3. The highest BCUT2D eigenvalue weighted by atomic mass is 35.5. The lowest BCUT2D eigenvalue weighted by molar-refractivity contribution is 0.289. The molecule has 0 atom stereocenters. The third kappa shape index (κ3) is 4.56. The molecule has 0 radical (unpaired) electrons. The minimum Gasteiger partial charge on any atom is -0.492 e. The molecule has 1 aromatic heterocycles. The largest absolute Gasteiger partial charge is 0.492 e. The van der Waals surface area contributed by atoms with Gasteiger partial charge in [0.2, 0.25) is 0 Å². The Kier molecular flexibility index (Phi) is 5.21. The summed E-state index contributed by atoms with van der Waals surface area (Å²) in [6.07, 6.45) is 3.76. The first-order valence-electron chi connectivity index (χ1n) is 6.42. The maximum absolute atomic E-state index is 5.67. The van der Waals surface area contributed by atoms with Gasteiger partial charge in [-0.05, 0) is 37.5 Å². The fraction of sp³-hybridized carbons (Fsp3) is 0.429. The number of hydrogen-bond donors (Lipinski definition) is 0. The van der Waals surface area contributed by atoms with Crippen molar-refractivity contribution >= 4 is 11.6 Å². The Labute approximate surface area is 118 Å². The number of rotatable bonds is 7. The Hall–Kier alpha value is -1.55. The van der Waals surface area contributed by atoms with Crippen LogP contribution in [0.4, 0.5) is 0 Å². The van der Waals surface area contributed by atoms with Crippen LogP contribution < -0.4 is 4.74 Å². The van der Waals surface area contributed by atoms with E-state index in [0.29, 0.717) is 19.0 Å². The van der Waals surface area contributed by atoms with Crippen LogP contribution in [0.1, 0.15) is 17.7 Å². The summed E-state index contributed by atoms with van der Waals surface area (Å²) in [5, 5.41) is 8.15. The van der Waals surface area contributed by atoms with E-state index < -0.39 is 0 Å². The van der Waals surface area contributed by atoms with Crippen molar-refractivity contribution < 1.29 is 4.74 Å². The van der Waals surface area contributed by atoms with Gasteiger partial charge in [-0.2, -0.15) is 0 Å². The minimum absolute atomic E-state index is 0.585. The second kappa shape index (κ2) is 7.14. The average molecular weight is 280 g/mol. The highest BCUT2D eigenvalue weighted by molar-refractivity contribution is 6.17. The lowest BCUT2D eigenvalue weighted by atomic mass is 10.2. The summed E-state index contributed by atoms with van der Waals surface area (Å²) in [5.74, 6) is 1.55. The van der Waals surface area contributed by atoms with Crippen LogP contribution in [0, 0.1) is 6.92 Å². The van der Waals surface area contributed by atoms with E-state index >= 15 is 0 Å². The van der Waals surface area contributed by atoms with E-state index in [-0.39, 0.29) is 0 Å². The van der Waals surface area contributed by atoms with Crippen LogP contribution in [0.25, 0.3) is 0 Å². The molecule has 0 fully saturated rings. The van der Waals surface area contributed by atoms with Gasteiger partial charge in [0.15, 0.2) is 0 Å². The quantitative estimate of drug-likeness (QED) is 0.732. The molecule has 5 heteroatoms. The van der Waals surface area contributed by atoms with Crippen LogP contribution in [0.2, 0.25) is 0 Å². The van der Waals surface area contributed by atoms with Gasteiger partial charge in [0.1, 0.15) is 12.4 Å². The molecule has 0 spiro atoms. The van der Waals surface area contributed by atoms with Crippen LogP contribution in [-0.4, -0.2) is 27.5 Å². The van der Waals surface area contributed by atoms with Crippen molar-refractivity contribution in [2.24, 2.45) is 0 Å². The van der Waals surface area contributed by atoms with Crippen molar-refractivity contribution in [3.8, 4) is 5.75 Å². The summed E-state index contributed by atoms with van der Waals surface area (Å²) in [6.45, 7) is 3.33. The smallest absolute Gasteiger partial charge is 0.119 e. The zero-order chi connectivity index (χ0) is 13.5. The molecule has 0 aliphatic rings. The van der Waals surface area contributed by atoms with E-state index in [1.165, 1.54) is 5.56 Å². The maximum atomic E-state index is 5.67. The van der Waals surface area contributed by atoms with E-state index in [0.717, 1.165) is 24.3 Å². The van der Waals surface area contributed by atoms with Crippen LogP contribution >= 0.6 is 11.6 Å². The first-order valence-corrected chi connectivity index (χ1v) is 6.96. The van der Waals surface area contributed by atoms with Crippen molar-refractivity contribution in [1.29, 1.82) is 0 Å².